The molecular formula is C26H34N4O3. The third-order valence-electron chi connectivity index (χ3n) is 6.64. The number of hydrogen-bond donors (Lipinski definition) is 2. The van der Waals surface area contributed by atoms with E-state index in [4.69, 9.17) is 10.5 Å². The average molecular weight is 451 g/mol. The van der Waals surface area contributed by atoms with Gasteiger partial charge in [0.2, 0.25) is 5.91 Å². The Morgan fingerprint density at radius 3 is 2.27 bits per heavy atom. The van der Waals surface area contributed by atoms with Gasteiger partial charge in [0.05, 0.1) is 6.54 Å². The molecule has 33 heavy (non-hydrogen) atoms. The normalized spacial score (nSPS) is 21.2. The van der Waals surface area contributed by atoms with Gasteiger partial charge in [-0.1, -0.05) is 42.5 Å². The lowest BCUT2D eigenvalue weighted by Gasteiger charge is -2.34. The van der Waals surface area contributed by atoms with Crippen LogP contribution in [-0.4, -0.2) is 59.9 Å². The van der Waals surface area contributed by atoms with Crippen LogP contribution in [0, 0.1) is 0 Å². The standard InChI is InChI=1S/C26H34N4O3/c27-25(31)19-33-22-12-10-20(11-13-22)16-28-26(32)18-30-15-5-9-24(30)23-8-4-14-29(23)17-21-6-2-1-3-7-21/h1-3,6-7,10-13,23-24H,4-5,8-9,14-19H2,(H2,27,31)(H,28,32). The second kappa shape index (κ2) is 11.3. The molecule has 2 aromatic carbocycles. The second-order valence-electron chi connectivity index (χ2n) is 9.02. The molecule has 2 saturated heterocycles. The molecule has 0 aliphatic carbocycles. The number of rotatable bonds is 10. The Hall–Kier alpha value is -2.90. The van der Waals surface area contributed by atoms with Crippen LogP contribution in [0.25, 0.3) is 0 Å². The molecule has 3 N–H and O–H groups in total. The first-order valence-corrected chi connectivity index (χ1v) is 11.9. The second-order valence-corrected chi connectivity index (χ2v) is 9.02. The van der Waals surface area contributed by atoms with Gasteiger partial charge in [-0.25, -0.2) is 0 Å². The Morgan fingerprint density at radius 1 is 0.909 bits per heavy atom. The van der Waals surface area contributed by atoms with Crippen molar-refractivity contribution in [1.82, 2.24) is 15.1 Å². The lowest BCUT2D eigenvalue weighted by molar-refractivity contribution is -0.123. The number of carbonyl (C=O) groups is 2. The maximum atomic E-state index is 12.7. The molecular weight excluding hydrogens is 416 g/mol. The fourth-order valence-electron chi connectivity index (χ4n) is 5.08. The largest absolute Gasteiger partial charge is 0.484 e. The van der Waals surface area contributed by atoms with Gasteiger partial charge >= 0.3 is 0 Å². The van der Waals surface area contributed by atoms with E-state index < -0.39 is 5.91 Å². The highest BCUT2D eigenvalue weighted by Gasteiger charge is 2.38. The van der Waals surface area contributed by atoms with E-state index in [0.29, 0.717) is 30.9 Å². The molecule has 7 heteroatoms. The minimum absolute atomic E-state index is 0.0589. The minimum atomic E-state index is -0.507. The summed E-state index contributed by atoms with van der Waals surface area (Å²) in [6, 6.07) is 19.0. The summed E-state index contributed by atoms with van der Waals surface area (Å²) >= 11 is 0. The van der Waals surface area contributed by atoms with Crippen molar-refractivity contribution >= 4 is 11.8 Å². The number of likely N-dealkylation sites (tertiary alicyclic amines) is 2. The number of nitrogens with zero attached hydrogens (tertiary/aromatic N) is 2. The molecule has 2 heterocycles. The zero-order valence-electron chi connectivity index (χ0n) is 19.1. The van der Waals surface area contributed by atoms with Gasteiger partial charge in [0.1, 0.15) is 5.75 Å². The number of hydrogen-bond acceptors (Lipinski definition) is 5. The van der Waals surface area contributed by atoms with Crippen LogP contribution in [0.3, 0.4) is 0 Å². The van der Waals surface area contributed by atoms with E-state index in [-0.39, 0.29) is 12.5 Å². The molecule has 0 radical (unpaired) electrons. The molecule has 7 nitrogen and oxygen atoms in total. The summed E-state index contributed by atoms with van der Waals surface area (Å²) in [4.78, 5) is 28.5. The van der Waals surface area contributed by atoms with Crippen LogP contribution in [0.2, 0.25) is 0 Å². The first kappa shape index (κ1) is 23.3. The van der Waals surface area contributed by atoms with E-state index in [0.717, 1.165) is 38.0 Å². The molecule has 0 aromatic heterocycles. The molecule has 0 spiro atoms. The summed E-state index contributed by atoms with van der Waals surface area (Å²) in [7, 11) is 0. The number of nitrogens with two attached hydrogens (primary N) is 1. The monoisotopic (exact) mass is 450 g/mol. The highest BCUT2D eigenvalue weighted by molar-refractivity contribution is 5.78. The third kappa shape index (κ3) is 6.55. The van der Waals surface area contributed by atoms with Crippen molar-refractivity contribution < 1.29 is 14.3 Å². The highest BCUT2D eigenvalue weighted by Crippen LogP contribution is 2.30. The van der Waals surface area contributed by atoms with Crippen LogP contribution in [0.4, 0.5) is 0 Å². The van der Waals surface area contributed by atoms with Crippen molar-refractivity contribution in [3.63, 3.8) is 0 Å². The lowest BCUT2D eigenvalue weighted by Crippen LogP contribution is -2.48. The van der Waals surface area contributed by atoms with E-state index >= 15 is 0 Å². The molecule has 2 aliphatic rings. The smallest absolute Gasteiger partial charge is 0.255 e. The quantitative estimate of drug-likeness (QED) is 0.580. The Morgan fingerprint density at radius 2 is 1.58 bits per heavy atom. The van der Waals surface area contributed by atoms with Gasteiger partial charge in [-0.05, 0) is 62.0 Å². The Balaban J connectivity index is 1.26. The molecule has 2 fully saturated rings. The summed E-state index contributed by atoms with van der Waals surface area (Å²) in [6.45, 7) is 3.88. The van der Waals surface area contributed by atoms with E-state index in [1.165, 1.54) is 18.4 Å². The number of benzene rings is 2. The number of primary amides is 1. The SMILES string of the molecule is NC(=O)COc1ccc(CNC(=O)CN2CCCC2C2CCCN2Cc2ccccc2)cc1. The summed E-state index contributed by atoms with van der Waals surface area (Å²) in [5, 5.41) is 3.05. The van der Waals surface area contributed by atoms with E-state index in [2.05, 4.69) is 45.4 Å². The molecule has 2 aliphatic heterocycles. The number of nitrogens with one attached hydrogen (secondary N) is 1. The van der Waals surface area contributed by atoms with Crippen LogP contribution in [0.1, 0.15) is 36.8 Å². The molecule has 0 saturated carbocycles. The molecule has 2 amide bonds. The maximum Gasteiger partial charge on any atom is 0.255 e. The Kier molecular flexibility index (Phi) is 7.96. The number of ether oxygens (including phenoxy) is 1. The molecule has 4 rings (SSSR count). The predicted molar refractivity (Wildman–Crippen MR) is 127 cm³/mol. The van der Waals surface area contributed by atoms with Gasteiger partial charge in [-0.15, -0.1) is 0 Å². The average Bonchev–Trinajstić information content (AvgIpc) is 3.46. The molecule has 0 bridgehead atoms. The van der Waals surface area contributed by atoms with Crippen LogP contribution in [0.15, 0.2) is 54.6 Å². The van der Waals surface area contributed by atoms with Gasteiger partial charge in [-0.2, -0.15) is 0 Å². The lowest BCUT2D eigenvalue weighted by atomic mass is 10.0. The van der Waals surface area contributed by atoms with Gasteiger partial charge in [0.25, 0.3) is 5.91 Å². The van der Waals surface area contributed by atoms with Crippen molar-refractivity contribution in [2.24, 2.45) is 5.73 Å². The van der Waals surface area contributed by atoms with Gasteiger partial charge < -0.3 is 15.8 Å². The first-order chi connectivity index (χ1) is 16.1. The molecule has 2 aromatic rings. The minimum Gasteiger partial charge on any atom is -0.484 e. The highest BCUT2D eigenvalue weighted by atomic mass is 16.5. The van der Waals surface area contributed by atoms with E-state index in [1.807, 2.05) is 12.1 Å². The fourth-order valence-corrected chi connectivity index (χ4v) is 5.08. The van der Waals surface area contributed by atoms with Crippen molar-refractivity contribution in [3.8, 4) is 5.75 Å². The Labute approximate surface area is 195 Å². The van der Waals surface area contributed by atoms with E-state index in [9.17, 15) is 9.59 Å². The van der Waals surface area contributed by atoms with Crippen LogP contribution >= 0.6 is 0 Å². The van der Waals surface area contributed by atoms with Crippen molar-refractivity contribution in [3.05, 3.63) is 65.7 Å². The van der Waals surface area contributed by atoms with Crippen LogP contribution < -0.4 is 15.8 Å². The van der Waals surface area contributed by atoms with Gasteiger partial charge in [-0.3, -0.25) is 19.4 Å². The first-order valence-electron chi connectivity index (χ1n) is 11.9. The van der Waals surface area contributed by atoms with Crippen LogP contribution in [-0.2, 0) is 22.7 Å². The van der Waals surface area contributed by atoms with Gasteiger partial charge in [0.15, 0.2) is 6.61 Å². The summed E-state index contributed by atoms with van der Waals surface area (Å²) in [5.41, 5.74) is 7.43. The maximum absolute atomic E-state index is 12.7. The van der Waals surface area contributed by atoms with Crippen molar-refractivity contribution in [1.29, 1.82) is 0 Å². The number of amides is 2. The number of carbonyl (C=O) groups excluding carboxylic acids is 2. The summed E-state index contributed by atoms with van der Waals surface area (Å²) in [6.07, 6.45) is 4.75. The fraction of sp³-hybridized carbons (Fsp3) is 0.462. The van der Waals surface area contributed by atoms with Crippen molar-refractivity contribution in [2.45, 2.75) is 50.9 Å². The molecule has 176 valence electrons. The summed E-state index contributed by atoms with van der Waals surface area (Å²) < 4.78 is 5.27. The van der Waals surface area contributed by atoms with Gasteiger partial charge in [0, 0.05) is 25.2 Å². The van der Waals surface area contributed by atoms with E-state index in [1.54, 1.807) is 12.1 Å². The molecule has 2 unspecified atom stereocenters. The topological polar surface area (TPSA) is 87.9 Å². The summed E-state index contributed by atoms with van der Waals surface area (Å²) in [5.74, 6) is 0.135. The zero-order chi connectivity index (χ0) is 23.0. The van der Waals surface area contributed by atoms with Crippen LogP contribution in [0.5, 0.6) is 5.75 Å². The predicted octanol–water partition coefficient (Wildman–Crippen LogP) is 2.30. The van der Waals surface area contributed by atoms with Crippen molar-refractivity contribution in [2.75, 3.05) is 26.2 Å². The Bertz CT molecular complexity index is 919. The molecule has 2 atom stereocenters. The zero-order valence-corrected chi connectivity index (χ0v) is 19.1. The third-order valence-corrected chi connectivity index (χ3v) is 6.64.